The molecule has 0 aliphatic heterocycles. The third-order valence-corrected chi connectivity index (χ3v) is 4.91. The van der Waals surface area contributed by atoms with Crippen molar-refractivity contribution in [2.75, 3.05) is 7.05 Å². The second-order valence-electron chi connectivity index (χ2n) is 6.79. The quantitative estimate of drug-likeness (QED) is 0.517. The predicted octanol–water partition coefficient (Wildman–Crippen LogP) is 4.42. The summed E-state index contributed by atoms with van der Waals surface area (Å²) in [5.41, 5.74) is 0.720. The molecule has 0 saturated heterocycles. The normalized spacial score (nSPS) is 11.3. The average molecular weight is 455 g/mol. The number of halogens is 2. The smallest absolute Gasteiger partial charge is 0.408 e. The van der Waals surface area contributed by atoms with Crippen molar-refractivity contribution in [2.45, 2.75) is 12.6 Å². The molecule has 0 fully saturated rings. The number of rotatable bonds is 7. The summed E-state index contributed by atoms with van der Waals surface area (Å²) < 4.78 is 19.4. The van der Waals surface area contributed by atoms with E-state index >= 15 is 0 Å². The van der Waals surface area contributed by atoms with Gasteiger partial charge in [0.05, 0.1) is 5.56 Å². The lowest BCUT2D eigenvalue weighted by atomic mass is 9.93. The molecule has 0 heterocycles. The largest absolute Gasteiger partial charge is 0.445 e. The summed E-state index contributed by atoms with van der Waals surface area (Å²) in [4.78, 5) is 38.1. The van der Waals surface area contributed by atoms with Gasteiger partial charge in [-0.1, -0.05) is 60.1 Å². The van der Waals surface area contributed by atoms with E-state index in [1.165, 1.54) is 43.4 Å². The van der Waals surface area contributed by atoms with Gasteiger partial charge in [0.15, 0.2) is 5.78 Å². The first-order valence-corrected chi connectivity index (χ1v) is 10.1. The molecule has 0 aliphatic rings. The molecule has 2 N–H and O–H groups in total. The van der Waals surface area contributed by atoms with Gasteiger partial charge in [0.2, 0.25) is 5.91 Å². The van der Waals surface area contributed by atoms with E-state index in [1.54, 1.807) is 24.3 Å². The summed E-state index contributed by atoms with van der Waals surface area (Å²) in [5, 5.41) is 5.14. The highest BCUT2D eigenvalue weighted by atomic mass is 35.5. The van der Waals surface area contributed by atoms with Gasteiger partial charge in [0.1, 0.15) is 18.5 Å². The Hall–Kier alpha value is -3.71. The molecule has 1 atom stereocenters. The van der Waals surface area contributed by atoms with Crippen LogP contribution in [-0.2, 0) is 16.1 Å². The van der Waals surface area contributed by atoms with Crippen molar-refractivity contribution in [1.82, 2.24) is 10.6 Å². The monoisotopic (exact) mass is 454 g/mol. The van der Waals surface area contributed by atoms with Crippen LogP contribution in [0.25, 0.3) is 0 Å². The summed E-state index contributed by atoms with van der Waals surface area (Å²) >= 11 is 6.07. The number of benzene rings is 3. The summed E-state index contributed by atoms with van der Waals surface area (Å²) in [6, 6.07) is 17.5. The fourth-order valence-corrected chi connectivity index (χ4v) is 3.25. The van der Waals surface area contributed by atoms with Crippen LogP contribution in [-0.4, -0.2) is 24.8 Å². The standard InChI is InChI=1S/C24H20ClFN2O4/c1-27-23(30)21(28-24(31)32-14-15-7-3-2-4-8-15)17-12-11-16(25)13-19(17)22(29)18-9-5-6-10-20(18)26/h2-13,21H,14H2,1H3,(H,27,30)(H,28,31). The lowest BCUT2D eigenvalue weighted by molar-refractivity contribution is -0.122. The molecular formula is C24H20ClFN2O4. The number of nitrogens with one attached hydrogen (secondary N) is 2. The van der Waals surface area contributed by atoms with Crippen molar-refractivity contribution in [3.8, 4) is 0 Å². The Labute approximate surface area is 189 Å². The van der Waals surface area contributed by atoms with Crippen molar-refractivity contribution in [2.24, 2.45) is 0 Å². The topological polar surface area (TPSA) is 84.5 Å². The van der Waals surface area contributed by atoms with E-state index in [9.17, 15) is 18.8 Å². The minimum Gasteiger partial charge on any atom is -0.445 e. The number of ketones is 1. The van der Waals surface area contributed by atoms with E-state index in [1.807, 2.05) is 6.07 Å². The van der Waals surface area contributed by atoms with Crippen LogP contribution in [0.5, 0.6) is 0 Å². The first-order valence-electron chi connectivity index (χ1n) is 9.68. The van der Waals surface area contributed by atoms with Gasteiger partial charge in [-0.2, -0.15) is 0 Å². The molecule has 3 rings (SSSR count). The molecular weight excluding hydrogens is 435 g/mol. The van der Waals surface area contributed by atoms with E-state index in [2.05, 4.69) is 10.6 Å². The van der Waals surface area contributed by atoms with Gasteiger partial charge in [-0.05, 0) is 35.4 Å². The lowest BCUT2D eigenvalue weighted by Crippen LogP contribution is -2.40. The van der Waals surface area contributed by atoms with Gasteiger partial charge < -0.3 is 15.4 Å². The maximum absolute atomic E-state index is 14.2. The third-order valence-electron chi connectivity index (χ3n) is 4.67. The molecule has 32 heavy (non-hydrogen) atoms. The van der Waals surface area contributed by atoms with E-state index in [0.29, 0.717) is 0 Å². The number of likely N-dealkylation sites (N-methyl/N-ethyl adjacent to an activating group) is 1. The van der Waals surface area contributed by atoms with Crippen LogP contribution in [0.1, 0.15) is 33.1 Å². The zero-order chi connectivity index (χ0) is 23.1. The summed E-state index contributed by atoms with van der Waals surface area (Å²) in [6.07, 6.45) is -0.860. The van der Waals surface area contributed by atoms with E-state index in [0.717, 1.165) is 11.6 Å². The van der Waals surface area contributed by atoms with Crippen molar-refractivity contribution < 1.29 is 23.5 Å². The molecule has 164 valence electrons. The molecule has 3 aromatic rings. The molecule has 8 heteroatoms. The number of carbonyl (C=O) groups excluding carboxylic acids is 3. The first-order chi connectivity index (χ1) is 15.4. The Morgan fingerprint density at radius 2 is 1.66 bits per heavy atom. The van der Waals surface area contributed by atoms with Crippen LogP contribution >= 0.6 is 11.6 Å². The van der Waals surface area contributed by atoms with Crippen LogP contribution in [0.15, 0.2) is 72.8 Å². The number of amides is 2. The Morgan fingerprint density at radius 1 is 0.969 bits per heavy atom. The zero-order valence-electron chi connectivity index (χ0n) is 17.1. The predicted molar refractivity (Wildman–Crippen MR) is 118 cm³/mol. The van der Waals surface area contributed by atoms with Gasteiger partial charge in [0, 0.05) is 17.6 Å². The molecule has 0 aliphatic carbocycles. The second-order valence-corrected chi connectivity index (χ2v) is 7.23. The lowest BCUT2D eigenvalue weighted by Gasteiger charge is -2.20. The van der Waals surface area contributed by atoms with E-state index in [-0.39, 0.29) is 28.3 Å². The van der Waals surface area contributed by atoms with Crippen molar-refractivity contribution in [3.63, 3.8) is 0 Å². The van der Waals surface area contributed by atoms with Crippen LogP contribution in [0.2, 0.25) is 5.02 Å². The molecule has 0 radical (unpaired) electrons. The van der Waals surface area contributed by atoms with E-state index in [4.69, 9.17) is 16.3 Å². The van der Waals surface area contributed by atoms with Crippen LogP contribution in [0, 0.1) is 5.82 Å². The Kier molecular flexibility index (Phi) is 7.57. The second kappa shape index (κ2) is 10.5. The van der Waals surface area contributed by atoms with Gasteiger partial charge in [-0.15, -0.1) is 0 Å². The summed E-state index contributed by atoms with van der Waals surface area (Å²) in [7, 11) is 1.39. The van der Waals surface area contributed by atoms with Gasteiger partial charge in [0.25, 0.3) is 0 Å². The Balaban J connectivity index is 1.90. The number of alkyl carbamates (subject to hydrolysis) is 1. The molecule has 2 amide bonds. The fourth-order valence-electron chi connectivity index (χ4n) is 3.08. The van der Waals surface area contributed by atoms with Crippen LogP contribution < -0.4 is 10.6 Å². The highest BCUT2D eigenvalue weighted by Crippen LogP contribution is 2.26. The molecule has 6 nitrogen and oxygen atoms in total. The number of carbonyl (C=O) groups is 3. The van der Waals surface area contributed by atoms with Crippen molar-refractivity contribution in [3.05, 3.63) is 106 Å². The minimum absolute atomic E-state index is 0.00519. The highest BCUT2D eigenvalue weighted by molar-refractivity contribution is 6.31. The molecule has 0 spiro atoms. The van der Waals surface area contributed by atoms with E-state index < -0.39 is 29.6 Å². The highest BCUT2D eigenvalue weighted by Gasteiger charge is 2.28. The Morgan fingerprint density at radius 3 is 2.34 bits per heavy atom. The summed E-state index contributed by atoms with van der Waals surface area (Å²) in [5.74, 6) is -1.98. The minimum atomic E-state index is -1.27. The van der Waals surface area contributed by atoms with Gasteiger partial charge >= 0.3 is 6.09 Å². The number of hydrogen-bond donors (Lipinski definition) is 2. The molecule has 1 unspecified atom stereocenters. The van der Waals surface area contributed by atoms with Crippen molar-refractivity contribution in [1.29, 1.82) is 0 Å². The third kappa shape index (κ3) is 5.50. The maximum Gasteiger partial charge on any atom is 0.408 e. The molecule has 0 aromatic heterocycles. The molecule has 3 aromatic carbocycles. The average Bonchev–Trinajstić information content (AvgIpc) is 2.81. The fraction of sp³-hybridized carbons (Fsp3) is 0.125. The Bertz CT molecular complexity index is 1140. The zero-order valence-corrected chi connectivity index (χ0v) is 17.9. The van der Waals surface area contributed by atoms with Crippen LogP contribution in [0.3, 0.4) is 0 Å². The van der Waals surface area contributed by atoms with Crippen molar-refractivity contribution >= 4 is 29.4 Å². The number of ether oxygens (including phenoxy) is 1. The van der Waals surface area contributed by atoms with Crippen LogP contribution in [0.4, 0.5) is 9.18 Å². The first kappa shape index (κ1) is 23.0. The number of hydrogen-bond acceptors (Lipinski definition) is 4. The van der Waals surface area contributed by atoms with Gasteiger partial charge in [-0.3, -0.25) is 9.59 Å². The summed E-state index contributed by atoms with van der Waals surface area (Å²) in [6.45, 7) is -0.00519. The van der Waals surface area contributed by atoms with Gasteiger partial charge in [-0.25, -0.2) is 9.18 Å². The SMILES string of the molecule is CNC(=O)C(NC(=O)OCc1ccccc1)c1ccc(Cl)cc1C(=O)c1ccccc1F. The maximum atomic E-state index is 14.2. The molecule has 0 saturated carbocycles. The molecule has 0 bridgehead atoms.